The number of aromatic amines is 1. The lowest BCUT2D eigenvalue weighted by Gasteiger charge is -2.04. The summed E-state index contributed by atoms with van der Waals surface area (Å²) >= 11 is 1.84. The zero-order valence-electron chi connectivity index (χ0n) is 9.99. The second-order valence-corrected chi connectivity index (χ2v) is 4.74. The van der Waals surface area contributed by atoms with Gasteiger partial charge < -0.3 is 10.3 Å². The Hall–Kier alpha value is -1.23. The van der Waals surface area contributed by atoms with E-state index in [1.54, 1.807) is 0 Å². The standard InChI is InChI=1S/C12H18N2O2S/c1-17-8-4-2-3-7-13-12(16)10-5-6-11(15)14-9-10/h5-6,9H,2-4,7-8H2,1H3,(H,13,16)(H,14,15). The van der Waals surface area contributed by atoms with Gasteiger partial charge in [-0.25, -0.2) is 0 Å². The van der Waals surface area contributed by atoms with Crippen LogP contribution in [0, 0.1) is 0 Å². The molecule has 0 fully saturated rings. The second-order valence-electron chi connectivity index (χ2n) is 3.75. The summed E-state index contributed by atoms with van der Waals surface area (Å²) in [5.41, 5.74) is 0.298. The lowest BCUT2D eigenvalue weighted by Crippen LogP contribution is -2.25. The van der Waals surface area contributed by atoms with Crippen LogP contribution in [0.1, 0.15) is 29.6 Å². The molecule has 4 nitrogen and oxygen atoms in total. The predicted octanol–water partition coefficient (Wildman–Crippen LogP) is 1.64. The molecule has 2 N–H and O–H groups in total. The lowest BCUT2D eigenvalue weighted by molar-refractivity contribution is 0.0952. The Morgan fingerprint density at radius 3 is 2.82 bits per heavy atom. The van der Waals surface area contributed by atoms with Crippen molar-refractivity contribution in [2.24, 2.45) is 0 Å². The SMILES string of the molecule is CSCCCCCNC(=O)c1ccc(=O)[nH]c1. The number of thioether (sulfide) groups is 1. The molecule has 0 bridgehead atoms. The summed E-state index contributed by atoms with van der Waals surface area (Å²) in [7, 11) is 0. The number of H-pyrrole nitrogens is 1. The van der Waals surface area contributed by atoms with Gasteiger partial charge in [0.05, 0.1) is 5.56 Å². The molecule has 1 aromatic rings. The van der Waals surface area contributed by atoms with Crippen molar-refractivity contribution in [3.8, 4) is 0 Å². The molecule has 94 valence electrons. The molecule has 0 aromatic carbocycles. The highest BCUT2D eigenvalue weighted by molar-refractivity contribution is 7.98. The summed E-state index contributed by atoms with van der Waals surface area (Å²) < 4.78 is 0. The number of carbonyl (C=O) groups excluding carboxylic acids is 1. The van der Waals surface area contributed by atoms with Crippen LogP contribution in [-0.4, -0.2) is 29.4 Å². The number of unbranched alkanes of at least 4 members (excludes halogenated alkanes) is 2. The molecular weight excluding hydrogens is 236 g/mol. The summed E-state index contributed by atoms with van der Waals surface area (Å²) in [6.07, 6.45) is 6.85. The topological polar surface area (TPSA) is 62.0 Å². The van der Waals surface area contributed by atoms with Crippen molar-refractivity contribution in [2.75, 3.05) is 18.6 Å². The van der Waals surface area contributed by atoms with Crippen LogP contribution in [0.4, 0.5) is 0 Å². The molecule has 1 rings (SSSR count). The van der Waals surface area contributed by atoms with E-state index in [4.69, 9.17) is 0 Å². The van der Waals surface area contributed by atoms with E-state index in [0.717, 1.165) is 12.8 Å². The minimum atomic E-state index is -0.196. The van der Waals surface area contributed by atoms with Crippen molar-refractivity contribution in [2.45, 2.75) is 19.3 Å². The third-order valence-electron chi connectivity index (χ3n) is 2.36. The van der Waals surface area contributed by atoms with E-state index in [0.29, 0.717) is 12.1 Å². The van der Waals surface area contributed by atoms with E-state index < -0.39 is 0 Å². The predicted molar refractivity (Wildman–Crippen MR) is 71.6 cm³/mol. The minimum absolute atomic E-state index is 0.133. The Labute approximate surface area is 105 Å². The van der Waals surface area contributed by atoms with E-state index in [9.17, 15) is 9.59 Å². The maximum atomic E-state index is 11.6. The van der Waals surface area contributed by atoms with Crippen LogP contribution in [0.3, 0.4) is 0 Å². The molecule has 1 aromatic heterocycles. The molecule has 1 amide bonds. The molecule has 0 radical (unpaired) electrons. The van der Waals surface area contributed by atoms with E-state index in [2.05, 4.69) is 16.6 Å². The van der Waals surface area contributed by atoms with Gasteiger partial charge in [0.15, 0.2) is 0 Å². The van der Waals surface area contributed by atoms with Crippen molar-refractivity contribution in [1.29, 1.82) is 0 Å². The first-order valence-electron chi connectivity index (χ1n) is 5.70. The fraction of sp³-hybridized carbons (Fsp3) is 0.500. The molecule has 0 saturated heterocycles. The summed E-state index contributed by atoms with van der Waals surface area (Å²) in [5.74, 6) is 1.04. The molecule has 0 aliphatic carbocycles. The summed E-state index contributed by atoms with van der Waals surface area (Å²) in [6, 6.07) is 2.88. The Balaban J connectivity index is 2.21. The summed E-state index contributed by atoms with van der Waals surface area (Å²) in [5, 5.41) is 2.83. The van der Waals surface area contributed by atoms with Gasteiger partial charge in [-0.15, -0.1) is 0 Å². The van der Waals surface area contributed by atoms with Crippen molar-refractivity contribution in [3.05, 3.63) is 34.2 Å². The Morgan fingerprint density at radius 2 is 2.18 bits per heavy atom. The third-order valence-corrected chi connectivity index (χ3v) is 3.05. The van der Waals surface area contributed by atoms with E-state index in [1.807, 2.05) is 11.8 Å². The van der Waals surface area contributed by atoms with Crippen LogP contribution in [0.25, 0.3) is 0 Å². The van der Waals surface area contributed by atoms with Gasteiger partial charge in [-0.2, -0.15) is 11.8 Å². The minimum Gasteiger partial charge on any atom is -0.352 e. The van der Waals surface area contributed by atoms with E-state index >= 15 is 0 Å². The number of rotatable bonds is 7. The Kier molecular flexibility index (Phi) is 6.47. The molecule has 1 heterocycles. The quantitative estimate of drug-likeness (QED) is 0.727. The van der Waals surface area contributed by atoms with Gasteiger partial charge in [-0.05, 0) is 30.9 Å². The number of aromatic nitrogens is 1. The van der Waals surface area contributed by atoms with Crippen LogP contribution in [0.5, 0.6) is 0 Å². The third kappa shape index (κ3) is 5.58. The number of hydrogen-bond donors (Lipinski definition) is 2. The zero-order chi connectivity index (χ0) is 12.5. The normalized spacial score (nSPS) is 10.2. The molecule has 0 aliphatic rings. The second kappa shape index (κ2) is 7.95. The average molecular weight is 254 g/mol. The highest BCUT2D eigenvalue weighted by Crippen LogP contribution is 2.01. The average Bonchev–Trinajstić information content (AvgIpc) is 2.34. The number of nitrogens with one attached hydrogen (secondary N) is 2. The molecule has 0 atom stereocenters. The molecule has 0 aliphatic heterocycles. The van der Waals surface area contributed by atoms with Crippen molar-refractivity contribution in [1.82, 2.24) is 10.3 Å². The van der Waals surface area contributed by atoms with Gasteiger partial charge in [0.25, 0.3) is 5.91 Å². The number of hydrogen-bond acceptors (Lipinski definition) is 3. The van der Waals surface area contributed by atoms with Crippen LogP contribution in [0.15, 0.2) is 23.1 Å². The van der Waals surface area contributed by atoms with Crippen molar-refractivity contribution >= 4 is 17.7 Å². The van der Waals surface area contributed by atoms with Crippen LogP contribution in [0.2, 0.25) is 0 Å². The van der Waals surface area contributed by atoms with Crippen LogP contribution < -0.4 is 10.9 Å². The maximum Gasteiger partial charge on any atom is 0.252 e. The molecule has 5 heteroatoms. The monoisotopic (exact) mass is 254 g/mol. The molecule has 0 saturated carbocycles. The van der Waals surface area contributed by atoms with Gasteiger partial charge in [0.2, 0.25) is 5.56 Å². The summed E-state index contributed by atoms with van der Waals surface area (Å²) in [4.78, 5) is 24.9. The fourth-order valence-electron chi connectivity index (χ4n) is 1.40. The van der Waals surface area contributed by atoms with Crippen molar-refractivity contribution in [3.63, 3.8) is 0 Å². The first-order valence-corrected chi connectivity index (χ1v) is 7.09. The number of carbonyl (C=O) groups is 1. The smallest absolute Gasteiger partial charge is 0.252 e. The Morgan fingerprint density at radius 1 is 1.35 bits per heavy atom. The fourth-order valence-corrected chi connectivity index (χ4v) is 1.90. The van der Waals surface area contributed by atoms with Crippen LogP contribution in [-0.2, 0) is 0 Å². The maximum absolute atomic E-state index is 11.6. The molecular formula is C12H18N2O2S. The summed E-state index contributed by atoms with van der Waals surface area (Å²) in [6.45, 7) is 0.687. The van der Waals surface area contributed by atoms with Gasteiger partial charge >= 0.3 is 0 Å². The van der Waals surface area contributed by atoms with Crippen molar-refractivity contribution < 1.29 is 4.79 Å². The lowest BCUT2D eigenvalue weighted by atomic mass is 10.2. The van der Waals surface area contributed by atoms with Gasteiger partial charge in [0, 0.05) is 18.8 Å². The molecule has 17 heavy (non-hydrogen) atoms. The number of amides is 1. The highest BCUT2D eigenvalue weighted by atomic mass is 32.2. The van der Waals surface area contributed by atoms with Gasteiger partial charge in [-0.1, -0.05) is 6.42 Å². The van der Waals surface area contributed by atoms with E-state index in [-0.39, 0.29) is 11.5 Å². The van der Waals surface area contributed by atoms with Gasteiger partial charge in [0.1, 0.15) is 0 Å². The van der Waals surface area contributed by atoms with Gasteiger partial charge in [-0.3, -0.25) is 9.59 Å². The first kappa shape index (κ1) is 13.8. The largest absolute Gasteiger partial charge is 0.352 e. The number of pyridine rings is 1. The van der Waals surface area contributed by atoms with Crippen LogP contribution >= 0.6 is 11.8 Å². The zero-order valence-corrected chi connectivity index (χ0v) is 10.8. The molecule has 0 spiro atoms. The Bertz CT molecular complexity index is 383. The van der Waals surface area contributed by atoms with E-state index in [1.165, 1.54) is 30.5 Å². The first-order chi connectivity index (χ1) is 8.24. The highest BCUT2D eigenvalue weighted by Gasteiger charge is 2.03. The molecule has 0 unspecified atom stereocenters.